The van der Waals surface area contributed by atoms with E-state index in [0.717, 1.165) is 25.7 Å². The van der Waals surface area contributed by atoms with Crippen LogP contribution in [0.15, 0.2) is 24.3 Å². The highest BCUT2D eigenvalue weighted by Gasteiger charge is 2.44. The van der Waals surface area contributed by atoms with E-state index in [0.29, 0.717) is 12.0 Å². The molecule has 2 rings (SSSR count). The zero-order valence-electron chi connectivity index (χ0n) is 22.3. The first kappa shape index (κ1) is 28.5. The molecule has 0 spiro atoms. The van der Waals surface area contributed by atoms with Crippen LogP contribution < -0.4 is 10.6 Å². The van der Waals surface area contributed by atoms with Crippen molar-refractivity contribution >= 4 is 17.9 Å². The highest BCUT2D eigenvalue weighted by Crippen LogP contribution is 2.36. The lowest BCUT2D eigenvalue weighted by Gasteiger charge is -2.35. The summed E-state index contributed by atoms with van der Waals surface area (Å²) in [7, 11) is 0. The molecular weight excluding hydrogens is 446 g/mol. The summed E-state index contributed by atoms with van der Waals surface area (Å²) in [4.78, 5) is 41.8. The van der Waals surface area contributed by atoms with Crippen LogP contribution in [0.2, 0.25) is 0 Å². The highest BCUT2D eigenvalue weighted by molar-refractivity contribution is 5.92. The summed E-state index contributed by atoms with van der Waals surface area (Å²) in [5.41, 5.74) is -0.0833. The summed E-state index contributed by atoms with van der Waals surface area (Å²) in [6.07, 6.45) is 3.08. The molecule has 1 aliphatic rings. The maximum atomic E-state index is 14.0. The van der Waals surface area contributed by atoms with Crippen LogP contribution in [0.1, 0.15) is 92.2 Å². The van der Waals surface area contributed by atoms with Crippen molar-refractivity contribution in [1.29, 1.82) is 0 Å². The Morgan fingerprint density at radius 3 is 2.17 bits per heavy atom. The number of hydrogen-bond acceptors (Lipinski definition) is 5. The molecule has 196 valence electrons. The van der Waals surface area contributed by atoms with E-state index in [9.17, 15) is 19.5 Å². The smallest absolute Gasteiger partial charge is 0.408 e. The lowest BCUT2D eigenvalue weighted by Crippen LogP contribution is -2.54. The van der Waals surface area contributed by atoms with Gasteiger partial charge in [-0.1, -0.05) is 39.3 Å². The Hall–Kier alpha value is -2.77. The van der Waals surface area contributed by atoms with E-state index in [4.69, 9.17) is 4.74 Å². The summed E-state index contributed by atoms with van der Waals surface area (Å²) in [6, 6.07) is 4.54. The number of phenolic OH excluding ortho intramolecular Hbond substituents is 1. The molecule has 35 heavy (non-hydrogen) atoms. The molecule has 0 bridgehead atoms. The van der Waals surface area contributed by atoms with Crippen LogP contribution in [0.3, 0.4) is 0 Å². The van der Waals surface area contributed by atoms with Crippen LogP contribution in [-0.4, -0.2) is 51.6 Å². The number of nitrogens with zero attached hydrogens (tertiary/aromatic N) is 1. The third kappa shape index (κ3) is 9.07. The molecule has 3 unspecified atom stereocenters. The van der Waals surface area contributed by atoms with Crippen LogP contribution in [0.4, 0.5) is 4.79 Å². The van der Waals surface area contributed by atoms with Crippen molar-refractivity contribution in [3.8, 4) is 5.75 Å². The van der Waals surface area contributed by atoms with Gasteiger partial charge in [-0.25, -0.2) is 4.79 Å². The molecule has 3 N–H and O–H groups in total. The zero-order valence-corrected chi connectivity index (χ0v) is 22.3. The molecule has 0 saturated heterocycles. The molecule has 3 amide bonds. The number of nitrogens with one attached hydrogen (secondary N) is 2. The number of ether oxygens (including phenoxy) is 1. The standard InChI is InChI=1S/C27H43N3O5/c1-8-9-18(4)28-24(32)23(19-10-14-21(31)15-11-19)30(20-12-13-20)25(33)22(16-17(2)3)29-26(34)35-27(5,6)7/h10-11,14-15,17-18,20,22-23,31H,8-9,12-13,16H2,1-7H3,(H,28,32)(H,29,34). The first-order valence-electron chi connectivity index (χ1n) is 12.7. The summed E-state index contributed by atoms with van der Waals surface area (Å²) in [6.45, 7) is 13.3. The third-order valence-electron chi connectivity index (χ3n) is 5.74. The van der Waals surface area contributed by atoms with E-state index >= 15 is 0 Å². The average Bonchev–Trinajstić information content (AvgIpc) is 3.55. The van der Waals surface area contributed by atoms with Crippen molar-refractivity contribution in [1.82, 2.24) is 15.5 Å². The maximum absolute atomic E-state index is 14.0. The number of hydrogen-bond donors (Lipinski definition) is 3. The van der Waals surface area contributed by atoms with Crippen molar-refractivity contribution in [3.05, 3.63) is 29.8 Å². The maximum Gasteiger partial charge on any atom is 0.408 e. The number of rotatable bonds is 11. The van der Waals surface area contributed by atoms with Crippen LogP contribution in [0.25, 0.3) is 0 Å². The molecular formula is C27H43N3O5. The molecule has 3 atom stereocenters. The largest absolute Gasteiger partial charge is 0.508 e. The topological polar surface area (TPSA) is 108 Å². The second-order valence-corrected chi connectivity index (χ2v) is 11.0. The molecule has 8 nitrogen and oxygen atoms in total. The number of benzene rings is 1. The minimum absolute atomic E-state index is 0.0466. The van der Waals surface area contributed by atoms with Crippen molar-refractivity contribution in [2.45, 2.75) is 110 Å². The molecule has 1 aliphatic carbocycles. The molecule has 1 saturated carbocycles. The zero-order chi connectivity index (χ0) is 26.3. The van der Waals surface area contributed by atoms with Crippen LogP contribution in [-0.2, 0) is 14.3 Å². The van der Waals surface area contributed by atoms with Gasteiger partial charge >= 0.3 is 6.09 Å². The Morgan fingerprint density at radius 1 is 1.09 bits per heavy atom. The lowest BCUT2D eigenvalue weighted by molar-refractivity contribution is -0.143. The summed E-state index contributed by atoms with van der Waals surface area (Å²) >= 11 is 0. The fourth-order valence-electron chi connectivity index (χ4n) is 4.12. The molecule has 1 fully saturated rings. The van der Waals surface area contributed by atoms with Gasteiger partial charge in [0.05, 0.1) is 0 Å². The first-order chi connectivity index (χ1) is 16.3. The van der Waals surface area contributed by atoms with E-state index < -0.39 is 23.8 Å². The monoisotopic (exact) mass is 489 g/mol. The van der Waals surface area contributed by atoms with Gasteiger partial charge < -0.3 is 25.4 Å². The number of carbonyl (C=O) groups excluding carboxylic acids is 3. The predicted molar refractivity (Wildman–Crippen MR) is 136 cm³/mol. The molecule has 8 heteroatoms. The molecule has 1 aromatic carbocycles. The van der Waals surface area contributed by atoms with Gasteiger partial charge in [-0.05, 0) is 77.0 Å². The summed E-state index contributed by atoms with van der Waals surface area (Å²) in [5.74, 6) is -0.354. The van der Waals surface area contributed by atoms with Gasteiger partial charge in [0.2, 0.25) is 11.8 Å². The number of aromatic hydroxyl groups is 1. The van der Waals surface area contributed by atoms with Gasteiger partial charge in [0.1, 0.15) is 23.4 Å². The quantitative estimate of drug-likeness (QED) is 0.419. The van der Waals surface area contributed by atoms with Gasteiger partial charge in [-0.2, -0.15) is 0 Å². The normalized spacial score (nSPS) is 16.2. The van der Waals surface area contributed by atoms with Crippen LogP contribution in [0.5, 0.6) is 5.75 Å². The van der Waals surface area contributed by atoms with Crippen molar-refractivity contribution in [3.63, 3.8) is 0 Å². The number of amides is 3. The molecule has 0 heterocycles. The fourth-order valence-corrected chi connectivity index (χ4v) is 4.12. The minimum atomic E-state index is -0.870. The molecule has 1 aromatic rings. The fraction of sp³-hybridized carbons (Fsp3) is 0.667. The molecule has 0 aromatic heterocycles. The van der Waals surface area contributed by atoms with Crippen molar-refractivity contribution in [2.75, 3.05) is 0 Å². The molecule has 0 radical (unpaired) electrons. The predicted octanol–water partition coefficient (Wildman–Crippen LogP) is 4.67. The Kier molecular flexibility index (Phi) is 9.98. The van der Waals surface area contributed by atoms with Gasteiger partial charge in [0, 0.05) is 12.1 Å². The average molecular weight is 490 g/mol. The summed E-state index contributed by atoms with van der Waals surface area (Å²) in [5, 5.41) is 15.6. The summed E-state index contributed by atoms with van der Waals surface area (Å²) < 4.78 is 5.41. The van der Waals surface area contributed by atoms with E-state index in [-0.39, 0.29) is 35.6 Å². The lowest BCUT2D eigenvalue weighted by atomic mass is 9.98. The second kappa shape index (κ2) is 12.3. The first-order valence-corrected chi connectivity index (χ1v) is 12.7. The van der Waals surface area contributed by atoms with Gasteiger partial charge in [-0.3, -0.25) is 9.59 Å². The minimum Gasteiger partial charge on any atom is -0.508 e. The van der Waals surface area contributed by atoms with Crippen LogP contribution >= 0.6 is 0 Å². The van der Waals surface area contributed by atoms with E-state index in [1.807, 2.05) is 20.8 Å². The van der Waals surface area contributed by atoms with Gasteiger partial charge in [0.25, 0.3) is 0 Å². The SMILES string of the molecule is CCCC(C)NC(=O)C(c1ccc(O)cc1)N(C(=O)C(CC(C)C)NC(=O)OC(C)(C)C)C1CC1. The van der Waals surface area contributed by atoms with Crippen molar-refractivity contribution < 1.29 is 24.2 Å². The van der Waals surface area contributed by atoms with Gasteiger partial charge in [0.15, 0.2) is 0 Å². The Bertz CT molecular complexity index is 859. The number of carbonyl (C=O) groups is 3. The molecule has 0 aliphatic heterocycles. The highest BCUT2D eigenvalue weighted by atomic mass is 16.6. The van der Waals surface area contributed by atoms with Crippen molar-refractivity contribution in [2.24, 2.45) is 5.92 Å². The van der Waals surface area contributed by atoms with E-state index in [1.54, 1.807) is 37.8 Å². The second-order valence-electron chi connectivity index (χ2n) is 11.0. The van der Waals surface area contributed by atoms with E-state index in [1.165, 1.54) is 12.1 Å². The van der Waals surface area contributed by atoms with Crippen LogP contribution in [0, 0.1) is 5.92 Å². The Balaban J connectivity index is 2.42. The van der Waals surface area contributed by atoms with Gasteiger partial charge in [-0.15, -0.1) is 0 Å². The Morgan fingerprint density at radius 2 is 1.69 bits per heavy atom. The van der Waals surface area contributed by atoms with E-state index in [2.05, 4.69) is 17.6 Å². The number of phenols is 1. The Labute approximate surface area is 209 Å². The third-order valence-corrected chi connectivity index (χ3v) is 5.74. The number of alkyl carbamates (subject to hydrolysis) is 1.